The first-order chi connectivity index (χ1) is 16.9. The van der Waals surface area contributed by atoms with E-state index in [2.05, 4.69) is 0 Å². The highest BCUT2D eigenvalue weighted by Crippen LogP contribution is 2.43. The largest absolute Gasteiger partial charge is 0.503 e. The fourth-order valence-electron chi connectivity index (χ4n) is 4.16. The second kappa shape index (κ2) is 8.53. The van der Waals surface area contributed by atoms with Gasteiger partial charge in [0, 0.05) is 11.1 Å². The van der Waals surface area contributed by atoms with Crippen LogP contribution in [0.3, 0.4) is 0 Å². The van der Waals surface area contributed by atoms with E-state index < -0.39 is 29.5 Å². The molecule has 1 atom stereocenters. The topological polar surface area (TPSA) is 119 Å². The van der Waals surface area contributed by atoms with Gasteiger partial charge in [0.05, 0.1) is 31.6 Å². The summed E-state index contributed by atoms with van der Waals surface area (Å²) < 4.78 is 21.4. The fourth-order valence-corrected chi connectivity index (χ4v) is 4.16. The van der Waals surface area contributed by atoms with Crippen LogP contribution < -0.4 is 9.64 Å². The van der Waals surface area contributed by atoms with Crippen molar-refractivity contribution in [2.24, 2.45) is 0 Å². The predicted molar refractivity (Wildman–Crippen MR) is 123 cm³/mol. The molecule has 0 saturated carbocycles. The number of carbonyl (C=O) groups excluding carboxylic acids is 3. The number of hydrogen-bond acceptors (Lipinski definition) is 8. The number of methoxy groups -OCH3 is 2. The van der Waals surface area contributed by atoms with E-state index in [4.69, 9.17) is 18.3 Å². The number of rotatable bonds is 6. The van der Waals surface area contributed by atoms with Gasteiger partial charge in [0.2, 0.25) is 5.78 Å². The zero-order valence-electron chi connectivity index (χ0n) is 18.7. The van der Waals surface area contributed by atoms with E-state index >= 15 is 0 Å². The van der Waals surface area contributed by atoms with Crippen molar-refractivity contribution in [3.8, 4) is 5.75 Å². The summed E-state index contributed by atoms with van der Waals surface area (Å²) in [6, 6.07) is 14.9. The minimum atomic E-state index is -1.10. The third-order valence-electron chi connectivity index (χ3n) is 5.76. The minimum Gasteiger partial charge on any atom is -0.503 e. The number of ether oxygens (including phenoxy) is 2. The number of aliphatic hydroxyl groups excluding tert-OH is 1. The molecule has 2 aromatic carbocycles. The molecular formula is C26H19NO8. The molecule has 0 saturated heterocycles. The van der Waals surface area contributed by atoms with Crippen molar-refractivity contribution < 1.29 is 37.8 Å². The number of anilines is 1. The molecule has 9 nitrogen and oxygen atoms in total. The van der Waals surface area contributed by atoms with Crippen molar-refractivity contribution >= 4 is 34.3 Å². The molecule has 9 heteroatoms. The first-order valence-electron chi connectivity index (χ1n) is 10.5. The number of ketones is 1. The molecule has 1 N–H and O–H groups in total. The van der Waals surface area contributed by atoms with Crippen LogP contribution in [0.25, 0.3) is 11.0 Å². The van der Waals surface area contributed by atoms with E-state index in [-0.39, 0.29) is 28.3 Å². The summed E-state index contributed by atoms with van der Waals surface area (Å²) in [4.78, 5) is 40.1. The summed E-state index contributed by atoms with van der Waals surface area (Å²) in [5, 5.41) is 11.5. The number of fused-ring (bicyclic) bond motifs is 1. The van der Waals surface area contributed by atoms with Crippen LogP contribution in [-0.4, -0.2) is 37.0 Å². The molecule has 176 valence electrons. The van der Waals surface area contributed by atoms with Crippen LogP contribution in [-0.2, 0) is 9.53 Å². The van der Waals surface area contributed by atoms with Gasteiger partial charge >= 0.3 is 5.97 Å². The van der Waals surface area contributed by atoms with Crippen molar-refractivity contribution in [2.75, 3.05) is 19.1 Å². The fraction of sp³-hybridized carbons (Fsp3) is 0.115. The molecule has 3 heterocycles. The molecule has 0 fully saturated rings. The van der Waals surface area contributed by atoms with E-state index in [1.54, 1.807) is 42.5 Å². The lowest BCUT2D eigenvalue weighted by atomic mass is 9.99. The summed E-state index contributed by atoms with van der Waals surface area (Å²) >= 11 is 0. The smallest absolute Gasteiger partial charge is 0.337 e. The molecule has 1 aliphatic heterocycles. The third kappa shape index (κ3) is 3.54. The number of hydrogen-bond donors (Lipinski definition) is 1. The average Bonchev–Trinajstić information content (AvgIpc) is 3.62. The maximum Gasteiger partial charge on any atom is 0.337 e. The highest BCUT2D eigenvalue weighted by atomic mass is 16.5. The van der Waals surface area contributed by atoms with Crippen LogP contribution in [0.2, 0.25) is 0 Å². The van der Waals surface area contributed by atoms with Crippen molar-refractivity contribution in [3.63, 3.8) is 0 Å². The highest BCUT2D eigenvalue weighted by molar-refractivity contribution is 6.20. The van der Waals surface area contributed by atoms with Gasteiger partial charge in [-0.3, -0.25) is 14.5 Å². The van der Waals surface area contributed by atoms with E-state index in [1.807, 2.05) is 0 Å². The molecule has 0 spiro atoms. The van der Waals surface area contributed by atoms with Crippen molar-refractivity contribution in [3.05, 3.63) is 95.3 Å². The SMILES string of the molecule is COC(=O)c1cccc(N2C(=O)C(O)=C(C(=O)c3cc4cccc(OC)c4o3)C2c2ccco2)c1. The number of carbonyl (C=O) groups is 3. The van der Waals surface area contributed by atoms with Crippen LogP contribution in [0.5, 0.6) is 5.75 Å². The number of nitrogens with zero attached hydrogens (tertiary/aromatic N) is 1. The highest BCUT2D eigenvalue weighted by Gasteiger charge is 2.47. The molecule has 1 unspecified atom stereocenters. The molecule has 0 bridgehead atoms. The van der Waals surface area contributed by atoms with E-state index in [0.29, 0.717) is 16.7 Å². The summed E-state index contributed by atoms with van der Waals surface area (Å²) in [7, 11) is 2.73. The lowest BCUT2D eigenvalue weighted by Gasteiger charge is -2.25. The number of para-hydroxylation sites is 1. The third-order valence-corrected chi connectivity index (χ3v) is 5.76. The minimum absolute atomic E-state index is 0.0828. The second-order valence-electron chi connectivity index (χ2n) is 7.72. The van der Waals surface area contributed by atoms with Gasteiger partial charge in [-0.25, -0.2) is 4.79 Å². The number of esters is 1. The normalized spacial score (nSPS) is 15.7. The molecule has 5 rings (SSSR count). The van der Waals surface area contributed by atoms with E-state index in [0.717, 1.165) is 0 Å². The quantitative estimate of drug-likeness (QED) is 0.319. The Hall–Kier alpha value is -4.79. The number of furan rings is 2. The van der Waals surface area contributed by atoms with Crippen LogP contribution in [0, 0.1) is 0 Å². The van der Waals surface area contributed by atoms with Gasteiger partial charge in [0.25, 0.3) is 5.91 Å². The Morgan fingerprint density at radius 3 is 2.54 bits per heavy atom. The molecule has 0 aliphatic carbocycles. The monoisotopic (exact) mass is 473 g/mol. The average molecular weight is 473 g/mol. The number of Topliss-reactive ketones (excluding diaryl/α,β-unsaturated/α-hetero) is 1. The molecule has 1 amide bonds. The van der Waals surface area contributed by atoms with Crippen LogP contribution >= 0.6 is 0 Å². The zero-order valence-corrected chi connectivity index (χ0v) is 18.7. The van der Waals surface area contributed by atoms with Crippen LogP contribution in [0.15, 0.2) is 87.1 Å². The summed E-state index contributed by atoms with van der Waals surface area (Å²) in [6.45, 7) is 0. The Morgan fingerprint density at radius 1 is 1.03 bits per heavy atom. The first kappa shape index (κ1) is 22.0. The van der Waals surface area contributed by atoms with Gasteiger partial charge in [-0.05, 0) is 42.5 Å². The van der Waals surface area contributed by atoms with E-state index in [9.17, 15) is 19.5 Å². The Bertz CT molecular complexity index is 1490. The molecule has 0 radical (unpaired) electrons. The van der Waals surface area contributed by atoms with Crippen molar-refractivity contribution in [1.82, 2.24) is 0 Å². The first-order valence-corrected chi connectivity index (χ1v) is 10.5. The summed E-state index contributed by atoms with van der Waals surface area (Å²) in [6.07, 6.45) is 1.40. The van der Waals surface area contributed by atoms with Crippen molar-refractivity contribution in [1.29, 1.82) is 0 Å². The lowest BCUT2D eigenvalue weighted by Crippen LogP contribution is -2.31. The molecule has 4 aromatic rings. The number of aliphatic hydroxyl groups is 1. The van der Waals surface area contributed by atoms with Crippen molar-refractivity contribution in [2.45, 2.75) is 6.04 Å². The van der Waals surface area contributed by atoms with Crippen LogP contribution in [0.4, 0.5) is 5.69 Å². The Labute approximate surface area is 198 Å². The Kier molecular flexibility index (Phi) is 5.37. The summed E-state index contributed by atoms with van der Waals surface area (Å²) in [5.41, 5.74) is 0.603. The maximum absolute atomic E-state index is 13.6. The summed E-state index contributed by atoms with van der Waals surface area (Å²) in [5.74, 6) is -2.27. The van der Waals surface area contributed by atoms with Gasteiger partial charge in [0.15, 0.2) is 22.9 Å². The molecule has 2 aromatic heterocycles. The molecular weight excluding hydrogens is 454 g/mol. The second-order valence-corrected chi connectivity index (χ2v) is 7.72. The standard InChI is InChI=1S/C26H19NO8/c1-32-18-9-4-6-14-13-19(35-24(14)18)22(28)20-21(17-10-5-11-34-17)27(25(30)23(20)29)16-8-3-7-15(12-16)26(31)33-2/h3-13,21,29H,1-2H3. The van der Waals surface area contributed by atoms with Gasteiger partial charge < -0.3 is 23.4 Å². The van der Waals surface area contributed by atoms with Gasteiger partial charge in [-0.15, -0.1) is 0 Å². The molecule has 1 aliphatic rings. The van der Waals surface area contributed by atoms with E-state index in [1.165, 1.54) is 43.6 Å². The van der Waals surface area contributed by atoms with Gasteiger partial charge in [0.1, 0.15) is 11.8 Å². The van der Waals surface area contributed by atoms with Gasteiger partial charge in [-0.1, -0.05) is 18.2 Å². The van der Waals surface area contributed by atoms with Gasteiger partial charge in [-0.2, -0.15) is 0 Å². The molecule has 35 heavy (non-hydrogen) atoms. The zero-order chi connectivity index (χ0) is 24.7. The predicted octanol–water partition coefficient (Wildman–Crippen LogP) is 4.60. The number of benzene rings is 2. The number of amides is 1. The Balaban J connectivity index is 1.63. The lowest BCUT2D eigenvalue weighted by molar-refractivity contribution is -0.117. The van der Waals surface area contributed by atoms with Crippen LogP contribution in [0.1, 0.15) is 32.7 Å². The maximum atomic E-state index is 13.6. The Morgan fingerprint density at radius 2 is 1.83 bits per heavy atom.